The minimum atomic E-state index is -0.257. The van der Waals surface area contributed by atoms with Gasteiger partial charge in [0.1, 0.15) is 0 Å². The number of fused-ring (bicyclic) bond motifs is 1. The fourth-order valence-corrected chi connectivity index (χ4v) is 4.67. The third-order valence-corrected chi connectivity index (χ3v) is 6.24. The second kappa shape index (κ2) is 8.52. The molecule has 0 radical (unpaired) electrons. The van der Waals surface area contributed by atoms with Crippen molar-refractivity contribution in [3.05, 3.63) is 99.3 Å². The van der Waals surface area contributed by atoms with E-state index in [9.17, 15) is 4.79 Å². The summed E-state index contributed by atoms with van der Waals surface area (Å²) in [5.41, 5.74) is 6.33. The van der Waals surface area contributed by atoms with Crippen molar-refractivity contribution in [3.63, 3.8) is 0 Å². The first-order valence-electron chi connectivity index (χ1n) is 9.81. The minimum Gasteiger partial charge on any atom is -0.305 e. The zero-order valence-electron chi connectivity index (χ0n) is 17.1. The maximum Gasteiger partial charge on any atom is 0.279 e. The normalized spacial score (nSPS) is 11.6. The largest absolute Gasteiger partial charge is 0.305 e. The Hall–Kier alpha value is -3.42. The minimum absolute atomic E-state index is 0.257. The second-order valence-electron chi connectivity index (χ2n) is 7.38. The van der Waals surface area contributed by atoms with Crippen LogP contribution in [0.15, 0.2) is 71.7 Å². The summed E-state index contributed by atoms with van der Waals surface area (Å²) in [6.07, 6.45) is 6.42. The van der Waals surface area contributed by atoms with Gasteiger partial charge in [-0.05, 0) is 60.7 Å². The highest BCUT2D eigenvalue weighted by molar-refractivity contribution is 7.16. The number of rotatable bonds is 4. The lowest BCUT2D eigenvalue weighted by molar-refractivity contribution is 0.0998. The summed E-state index contributed by atoms with van der Waals surface area (Å²) >= 11 is 1.51. The van der Waals surface area contributed by atoms with Crippen molar-refractivity contribution in [2.24, 2.45) is 4.99 Å². The van der Waals surface area contributed by atoms with Crippen molar-refractivity contribution < 1.29 is 4.79 Å². The van der Waals surface area contributed by atoms with Crippen LogP contribution in [-0.2, 0) is 13.0 Å². The van der Waals surface area contributed by atoms with Gasteiger partial charge in [-0.25, -0.2) is 0 Å². The number of hydrogen-bond acceptors (Lipinski definition) is 2. The zero-order valence-corrected chi connectivity index (χ0v) is 17.9. The van der Waals surface area contributed by atoms with Gasteiger partial charge in [-0.15, -0.1) is 6.42 Å². The van der Waals surface area contributed by atoms with E-state index in [1.807, 2.05) is 47.0 Å². The molecule has 0 aliphatic rings. The number of aromatic nitrogens is 1. The molecule has 1 aromatic heterocycles. The van der Waals surface area contributed by atoms with E-state index < -0.39 is 0 Å². The average molecular weight is 411 g/mol. The van der Waals surface area contributed by atoms with Gasteiger partial charge in [-0.2, -0.15) is 4.99 Å². The molecule has 3 nitrogen and oxygen atoms in total. The summed E-state index contributed by atoms with van der Waals surface area (Å²) in [5.74, 6) is 2.43. The predicted molar refractivity (Wildman–Crippen MR) is 124 cm³/mol. The van der Waals surface area contributed by atoms with Crippen LogP contribution in [-0.4, -0.2) is 10.5 Å². The molecule has 0 saturated carbocycles. The summed E-state index contributed by atoms with van der Waals surface area (Å²) in [5, 5.41) is 0. The molecular weight excluding hydrogens is 388 g/mol. The van der Waals surface area contributed by atoms with Crippen LogP contribution in [0.3, 0.4) is 0 Å². The van der Waals surface area contributed by atoms with Crippen molar-refractivity contribution in [1.82, 2.24) is 4.57 Å². The predicted octanol–water partition coefficient (Wildman–Crippen LogP) is 5.28. The van der Waals surface area contributed by atoms with E-state index in [4.69, 9.17) is 6.42 Å². The summed E-state index contributed by atoms with van der Waals surface area (Å²) in [4.78, 5) is 17.9. The van der Waals surface area contributed by atoms with Crippen LogP contribution in [0.1, 0.15) is 32.6 Å². The van der Waals surface area contributed by atoms with E-state index in [0.717, 1.165) is 27.8 Å². The molecule has 0 fully saturated rings. The lowest BCUT2D eigenvalue weighted by Crippen LogP contribution is -2.16. The van der Waals surface area contributed by atoms with Crippen molar-refractivity contribution in [1.29, 1.82) is 0 Å². The van der Waals surface area contributed by atoms with Gasteiger partial charge < -0.3 is 4.57 Å². The average Bonchev–Trinajstić information content (AvgIpc) is 3.07. The van der Waals surface area contributed by atoms with E-state index in [0.29, 0.717) is 16.9 Å². The lowest BCUT2D eigenvalue weighted by Gasteiger charge is -2.03. The van der Waals surface area contributed by atoms with Gasteiger partial charge in [0.15, 0.2) is 4.80 Å². The van der Waals surface area contributed by atoms with Gasteiger partial charge in [0.2, 0.25) is 0 Å². The number of thiazole rings is 1. The van der Waals surface area contributed by atoms with Gasteiger partial charge in [0.25, 0.3) is 5.91 Å². The van der Waals surface area contributed by atoms with Crippen LogP contribution < -0.4 is 4.80 Å². The summed E-state index contributed by atoms with van der Waals surface area (Å²) in [7, 11) is 0. The van der Waals surface area contributed by atoms with Crippen molar-refractivity contribution in [2.45, 2.75) is 26.8 Å². The molecule has 0 N–H and O–H groups in total. The first-order chi connectivity index (χ1) is 14.5. The number of amides is 1. The molecule has 0 aliphatic heterocycles. The standard InChI is InChI=1S/C26H22N2OS/c1-4-14-28-23-16-18(2)15-19(3)24(23)30-26(28)27-25(29)22-12-10-21(11-13-22)17-20-8-6-5-7-9-20/h1,5-13,15-16H,14,17H2,2-3H3. The molecule has 3 aromatic carbocycles. The Morgan fingerprint density at radius 3 is 2.43 bits per heavy atom. The number of benzene rings is 3. The third kappa shape index (κ3) is 4.12. The summed E-state index contributed by atoms with van der Waals surface area (Å²) in [6, 6.07) is 22.2. The molecule has 0 spiro atoms. The van der Waals surface area contributed by atoms with E-state index in [1.54, 1.807) is 0 Å². The molecule has 0 aliphatic carbocycles. The van der Waals surface area contributed by atoms with Gasteiger partial charge in [0.05, 0.1) is 16.8 Å². The number of terminal acetylenes is 1. The van der Waals surface area contributed by atoms with E-state index in [1.165, 1.54) is 22.5 Å². The van der Waals surface area contributed by atoms with Crippen molar-refractivity contribution in [3.8, 4) is 12.3 Å². The summed E-state index contributed by atoms with van der Waals surface area (Å²) in [6.45, 7) is 4.51. The molecule has 148 valence electrons. The highest BCUT2D eigenvalue weighted by atomic mass is 32.1. The highest BCUT2D eigenvalue weighted by Gasteiger charge is 2.11. The molecule has 0 bridgehead atoms. The topological polar surface area (TPSA) is 34.4 Å². The van der Waals surface area contributed by atoms with Crippen LogP contribution in [0.2, 0.25) is 0 Å². The molecular formula is C26H22N2OS. The Bertz CT molecular complexity index is 1320. The highest BCUT2D eigenvalue weighted by Crippen LogP contribution is 2.23. The molecule has 0 saturated heterocycles. The molecule has 4 aromatic rings. The van der Waals surface area contributed by atoms with Crippen LogP contribution >= 0.6 is 11.3 Å². The van der Waals surface area contributed by atoms with Crippen LogP contribution in [0.25, 0.3) is 10.2 Å². The lowest BCUT2D eigenvalue weighted by atomic mass is 10.0. The van der Waals surface area contributed by atoms with E-state index >= 15 is 0 Å². The Balaban J connectivity index is 1.67. The molecule has 4 heteroatoms. The first kappa shape index (κ1) is 19.9. The van der Waals surface area contributed by atoms with Gasteiger partial charge in [-0.3, -0.25) is 4.79 Å². The third-order valence-electron chi connectivity index (χ3n) is 5.01. The number of nitrogens with zero attached hydrogens (tertiary/aromatic N) is 2. The first-order valence-corrected chi connectivity index (χ1v) is 10.6. The van der Waals surface area contributed by atoms with Gasteiger partial charge in [-0.1, -0.05) is 65.8 Å². The quantitative estimate of drug-likeness (QED) is 0.421. The Morgan fingerprint density at radius 2 is 1.73 bits per heavy atom. The zero-order chi connectivity index (χ0) is 21.1. The maximum atomic E-state index is 12.8. The van der Waals surface area contributed by atoms with Crippen LogP contribution in [0, 0.1) is 26.2 Å². The van der Waals surface area contributed by atoms with Gasteiger partial charge >= 0.3 is 0 Å². The molecule has 4 rings (SSSR count). The summed E-state index contributed by atoms with van der Waals surface area (Å²) < 4.78 is 3.06. The van der Waals surface area contributed by atoms with Crippen LogP contribution in [0.5, 0.6) is 0 Å². The monoisotopic (exact) mass is 410 g/mol. The van der Waals surface area contributed by atoms with Crippen molar-refractivity contribution in [2.75, 3.05) is 0 Å². The Kier molecular flexibility index (Phi) is 5.65. The Labute approximate surface area is 180 Å². The Morgan fingerprint density at radius 1 is 1.03 bits per heavy atom. The fourth-order valence-electron chi connectivity index (χ4n) is 3.59. The molecule has 0 atom stereocenters. The molecule has 0 unspecified atom stereocenters. The van der Waals surface area contributed by atoms with Crippen molar-refractivity contribution >= 4 is 27.5 Å². The SMILES string of the molecule is C#CCn1c(=NC(=O)c2ccc(Cc3ccccc3)cc2)sc2c(C)cc(C)cc21. The van der Waals surface area contributed by atoms with Gasteiger partial charge in [0, 0.05) is 5.56 Å². The smallest absolute Gasteiger partial charge is 0.279 e. The number of carbonyl (C=O) groups is 1. The van der Waals surface area contributed by atoms with E-state index in [-0.39, 0.29) is 5.91 Å². The number of hydrogen-bond donors (Lipinski definition) is 0. The van der Waals surface area contributed by atoms with E-state index in [2.05, 4.69) is 49.0 Å². The maximum absolute atomic E-state index is 12.8. The van der Waals surface area contributed by atoms with Crippen LogP contribution in [0.4, 0.5) is 0 Å². The molecule has 1 amide bonds. The number of aryl methyl sites for hydroxylation is 2. The second-order valence-corrected chi connectivity index (χ2v) is 8.36. The molecule has 30 heavy (non-hydrogen) atoms. The molecule has 1 heterocycles. The fraction of sp³-hybridized carbons (Fsp3) is 0.154. The number of carbonyl (C=O) groups excluding carboxylic acids is 1.